The summed E-state index contributed by atoms with van der Waals surface area (Å²) in [4.78, 5) is 3.86. The van der Waals surface area contributed by atoms with Crippen LogP contribution in [0.1, 0.15) is 19.3 Å². The fourth-order valence-electron chi connectivity index (χ4n) is 1.89. The van der Waals surface area contributed by atoms with Crippen molar-refractivity contribution >= 4 is 29.9 Å². The minimum absolute atomic E-state index is 0. The van der Waals surface area contributed by atoms with E-state index in [0.717, 1.165) is 26.1 Å². The Morgan fingerprint density at radius 3 is 2.64 bits per heavy atom. The molecule has 9 heteroatoms. The van der Waals surface area contributed by atoms with Crippen molar-refractivity contribution in [2.24, 2.45) is 10.9 Å². The van der Waals surface area contributed by atoms with E-state index in [4.69, 9.17) is 9.47 Å². The van der Waals surface area contributed by atoms with Crippen LogP contribution in [0.15, 0.2) is 4.99 Å². The molecule has 5 nitrogen and oxygen atoms in total. The van der Waals surface area contributed by atoms with E-state index in [9.17, 15) is 13.2 Å². The zero-order valence-electron chi connectivity index (χ0n) is 12.7. The molecule has 0 aromatic carbocycles. The minimum atomic E-state index is -4.15. The van der Waals surface area contributed by atoms with Crippen molar-refractivity contribution in [3.8, 4) is 0 Å². The van der Waals surface area contributed by atoms with Crippen LogP contribution in [0.4, 0.5) is 13.2 Å². The van der Waals surface area contributed by atoms with Gasteiger partial charge in [0.2, 0.25) is 0 Å². The molecule has 0 saturated carbocycles. The number of guanidine groups is 1. The number of alkyl halides is 3. The molecule has 0 radical (unpaired) electrons. The van der Waals surface area contributed by atoms with Crippen molar-refractivity contribution in [2.45, 2.75) is 25.4 Å². The molecule has 0 bridgehead atoms. The molecular formula is C13H25F3IN3O2. The zero-order valence-corrected chi connectivity index (χ0v) is 15.1. The molecule has 1 aliphatic heterocycles. The zero-order chi connectivity index (χ0) is 15.6. The Morgan fingerprint density at radius 1 is 1.32 bits per heavy atom. The predicted molar refractivity (Wildman–Crippen MR) is 89.8 cm³/mol. The fraction of sp³-hybridized carbons (Fsp3) is 0.923. The van der Waals surface area contributed by atoms with Crippen LogP contribution < -0.4 is 10.6 Å². The second-order valence-electron chi connectivity index (χ2n) is 4.95. The van der Waals surface area contributed by atoms with E-state index in [1.165, 1.54) is 7.05 Å². The van der Waals surface area contributed by atoms with Crippen molar-refractivity contribution in [1.29, 1.82) is 0 Å². The highest BCUT2D eigenvalue weighted by molar-refractivity contribution is 14.0. The topological polar surface area (TPSA) is 54.9 Å². The summed E-state index contributed by atoms with van der Waals surface area (Å²) < 4.78 is 46.8. The third-order valence-corrected chi connectivity index (χ3v) is 3.06. The Hall–Kier alpha value is -0.290. The van der Waals surface area contributed by atoms with Crippen molar-refractivity contribution < 1.29 is 22.6 Å². The highest BCUT2D eigenvalue weighted by Gasteiger charge is 2.26. The van der Waals surface area contributed by atoms with Crippen molar-refractivity contribution in [3.05, 3.63) is 0 Å². The lowest BCUT2D eigenvalue weighted by atomic mass is 10.1. The maximum absolute atomic E-state index is 12.0. The van der Waals surface area contributed by atoms with Crippen LogP contribution in [0.25, 0.3) is 0 Å². The van der Waals surface area contributed by atoms with Crippen LogP contribution in [0.5, 0.6) is 0 Å². The Bertz CT molecular complexity index is 311. The summed E-state index contributed by atoms with van der Waals surface area (Å²) >= 11 is 0. The van der Waals surface area contributed by atoms with Crippen LogP contribution in [0.2, 0.25) is 0 Å². The van der Waals surface area contributed by atoms with Crippen LogP contribution in [0.3, 0.4) is 0 Å². The van der Waals surface area contributed by atoms with E-state index in [1.54, 1.807) is 0 Å². The summed E-state index contributed by atoms with van der Waals surface area (Å²) in [6, 6.07) is 0. The maximum atomic E-state index is 12.0. The Kier molecular flexibility index (Phi) is 12.0. The highest BCUT2D eigenvalue weighted by Crippen LogP contribution is 2.18. The first-order valence-corrected chi connectivity index (χ1v) is 7.18. The molecule has 1 unspecified atom stereocenters. The van der Waals surface area contributed by atoms with Crippen LogP contribution in [0, 0.1) is 5.92 Å². The second kappa shape index (κ2) is 12.2. The van der Waals surface area contributed by atoms with Crippen molar-refractivity contribution in [3.63, 3.8) is 0 Å². The molecular weight excluding hydrogens is 414 g/mol. The SMILES string of the molecule is CN=C(NCCCOCC1CCOC1)NCCC(F)(F)F.I. The number of hydrogen-bond donors (Lipinski definition) is 2. The van der Waals surface area contributed by atoms with E-state index in [-0.39, 0.29) is 30.5 Å². The normalized spacial score (nSPS) is 18.9. The maximum Gasteiger partial charge on any atom is 0.390 e. The third kappa shape index (κ3) is 11.3. The molecule has 0 aromatic heterocycles. The van der Waals surface area contributed by atoms with Gasteiger partial charge in [-0.15, -0.1) is 24.0 Å². The van der Waals surface area contributed by atoms with Crippen LogP contribution in [-0.2, 0) is 9.47 Å². The van der Waals surface area contributed by atoms with E-state index >= 15 is 0 Å². The number of halogens is 4. The number of rotatable bonds is 8. The van der Waals surface area contributed by atoms with Gasteiger partial charge in [-0.3, -0.25) is 4.99 Å². The Balaban J connectivity index is 0.00000441. The van der Waals surface area contributed by atoms with Gasteiger partial charge in [-0.05, 0) is 12.8 Å². The van der Waals surface area contributed by atoms with Gasteiger partial charge in [0, 0.05) is 39.3 Å². The predicted octanol–water partition coefficient (Wildman–Crippen LogP) is 2.16. The number of nitrogens with one attached hydrogen (secondary N) is 2. The van der Waals surface area contributed by atoms with E-state index in [1.807, 2.05) is 0 Å². The molecule has 22 heavy (non-hydrogen) atoms. The van der Waals surface area contributed by atoms with E-state index < -0.39 is 12.6 Å². The first kappa shape index (κ1) is 21.7. The summed E-state index contributed by atoms with van der Waals surface area (Å²) in [5.74, 6) is 0.873. The lowest BCUT2D eigenvalue weighted by Gasteiger charge is -2.13. The average Bonchev–Trinajstić information content (AvgIpc) is 2.92. The molecule has 1 rings (SSSR count). The lowest BCUT2D eigenvalue weighted by molar-refractivity contribution is -0.132. The largest absolute Gasteiger partial charge is 0.390 e. The Labute approximate surface area is 146 Å². The molecule has 0 aromatic rings. The summed E-state index contributed by atoms with van der Waals surface area (Å²) in [5.41, 5.74) is 0. The van der Waals surface area contributed by atoms with Gasteiger partial charge in [0.05, 0.1) is 19.6 Å². The van der Waals surface area contributed by atoms with Crippen LogP contribution >= 0.6 is 24.0 Å². The average molecular weight is 439 g/mol. The number of aliphatic imine (C=N–C) groups is 1. The molecule has 1 fully saturated rings. The lowest BCUT2D eigenvalue weighted by Crippen LogP contribution is -2.39. The van der Waals surface area contributed by atoms with Crippen LogP contribution in [-0.4, -0.2) is 58.7 Å². The van der Waals surface area contributed by atoms with E-state index in [0.29, 0.717) is 31.6 Å². The molecule has 1 heterocycles. The standard InChI is InChI=1S/C13H24F3N3O2.HI/c1-17-12(19-6-4-13(14,15)16)18-5-2-7-20-9-11-3-8-21-10-11;/h11H,2-10H2,1H3,(H2,17,18,19);1H. The number of ether oxygens (including phenoxy) is 2. The van der Waals surface area contributed by atoms with Gasteiger partial charge in [-0.1, -0.05) is 0 Å². The molecule has 1 aliphatic rings. The first-order chi connectivity index (χ1) is 10.0. The third-order valence-electron chi connectivity index (χ3n) is 3.06. The molecule has 0 aliphatic carbocycles. The van der Waals surface area contributed by atoms with E-state index in [2.05, 4.69) is 15.6 Å². The second-order valence-corrected chi connectivity index (χ2v) is 4.95. The quantitative estimate of drug-likeness (QED) is 0.264. The van der Waals surface area contributed by atoms with Crippen molar-refractivity contribution in [2.75, 3.05) is 46.6 Å². The molecule has 2 N–H and O–H groups in total. The molecule has 132 valence electrons. The van der Waals surface area contributed by atoms with Gasteiger partial charge >= 0.3 is 6.18 Å². The van der Waals surface area contributed by atoms with Gasteiger partial charge in [-0.2, -0.15) is 13.2 Å². The van der Waals surface area contributed by atoms with Gasteiger partial charge in [0.1, 0.15) is 0 Å². The van der Waals surface area contributed by atoms with Crippen molar-refractivity contribution in [1.82, 2.24) is 10.6 Å². The van der Waals surface area contributed by atoms with Gasteiger partial charge in [0.15, 0.2) is 5.96 Å². The number of hydrogen-bond acceptors (Lipinski definition) is 3. The van der Waals surface area contributed by atoms with Gasteiger partial charge in [0.25, 0.3) is 0 Å². The molecule has 1 saturated heterocycles. The smallest absolute Gasteiger partial charge is 0.381 e. The molecule has 1 atom stereocenters. The molecule has 0 spiro atoms. The van der Waals surface area contributed by atoms with Gasteiger partial charge in [-0.25, -0.2) is 0 Å². The summed E-state index contributed by atoms with van der Waals surface area (Å²) in [6.07, 6.45) is -3.20. The highest BCUT2D eigenvalue weighted by atomic mass is 127. The minimum Gasteiger partial charge on any atom is -0.381 e. The monoisotopic (exact) mass is 439 g/mol. The number of nitrogens with zero attached hydrogens (tertiary/aromatic N) is 1. The van der Waals surface area contributed by atoms with Gasteiger partial charge < -0.3 is 20.1 Å². The summed E-state index contributed by atoms with van der Waals surface area (Å²) in [6.45, 7) is 3.33. The summed E-state index contributed by atoms with van der Waals surface area (Å²) in [7, 11) is 1.53. The molecule has 0 amide bonds. The first-order valence-electron chi connectivity index (χ1n) is 7.18. The fourth-order valence-corrected chi connectivity index (χ4v) is 1.89. The summed E-state index contributed by atoms with van der Waals surface area (Å²) in [5, 5.41) is 5.57. The Morgan fingerprint density at radius 2 is 2.05 bits per heavy atom.